The van der Waals surface area contributed by atoms with Gasteiger partial charge in [-0.25, -0.2) is 0 Å². The zero-order valence-corrected chi connectivity index (χ0v) is 14.8. The molecule has 23 heavy (non-hydrogen) atoms. The summed E-state index contributed by atoms with van der Waals surface area (Å²) >= 11 is 0. The van der Waals surface area contributed by atoms with E-state index in [1.54, 1.807) is 14.2 Å². The van der Waals surface area contributed by atoms with Gasteiger partial charge in [0.15, 0.2) is 0 Å². The van der Waals surface area contributed by atoms with Gasteiger partial charge in [0.05, 0.1) is 20.3 Å². The lowest BCUT2D eigenvalue weighted by Crippen LogP contribution is -2.46. The topological polar surface area (TPSA) is 50.8 Å². The second-order valence-electron chi connectivity index (χ2n) is 6.34. The molecule has 2 rings (SSSR count). The van der Waals surface area contributed by atoms with Crippen LogP contribution in [0.15, 0.2) is 18.2 Å². The first-order valence-corrected chi connectivity index (χ1v) is 8.26. The number of rotatable bonds is 6. The van der Waals surface area contributed by atoms with E-state index in [1.165, 1.54) is 0 Å². The number of likely N-dealkylation sites (tertiary alicyclic amines) is 1. The van der Waals surface area contributed by atoms with Gasteiger partial charge in [0.25, 0.3) is 0 Å². The molecule has 1 saturated heterocycles. The number of hydrogen-bond donors (Lipinski definition) is 1. The van der Waals surface area contributed by atoms with Crippen LogP contribution in [0, 0.1) is 0 Å². The Balaban J connectivity index is 2.26. The standard InChI is InChI=1S/C18H28N2O3/c1-12(2)19-18(21)13(3)20-10-6-7-16(20)15-11-14(22-4)8-9-17(15)23-5/h8-9,11-13,16H,6-7,10H2,1-5H3,(H,19,21)/t13-,16+/m0/s1. The number of amides is 1. The Kier molecular flexibility index (Phi) is 5.88. The summed E-state index contributed by atoms with van der Waals surface area (Å²) < 4.78 is 10.9. The zero-order valence-electron chi connectivity index (χ0n) is 14.8. The Morgan fingerprint density at radius 1 is 1.26 bits per heavy atom. The predicted molar refractivity (Wildman–Crippen MR) is 91.0 cm³/mol. The molecule has 0 saturated carbocycles. The Morgan fingerprint density at radius 3 is 2.61 bits per heavy atom. The van der Waals surface area contributed by atoms with E-state index in [4.69, 9.17) is 9.47 Å². The molecule has 1 aromatic rings. The van der Waals surface area contributed by atoms with Crippen LogP contribution in [0.2, 0.25) is 0 Å². The third-order valence-corrected chi connectivity index (χ3v) is 4.40. The largest absolute Gasteiger partial charge is 0.497 e. The van der Waals surface area contributed by atoms with E-state index in [0.717, 1.165) is 36.4 Å². The highest BCUT2D eigenvalue weighted by molar-refractivity contribution is 5.81. The van der Waals surface area contributed by atoms with E-state index in [2.05, 4.69) is 10.2 Å². The smallest absolute Gasteiger partial charge is 0.237 e. The van der Waals surface area contributed by atoms with Gasteiger partial charge in [0.2, 0.25) is 5.91 Å². The van der Waals surface area contributed by atoms with E-state index in [9.17, 15) is 4.79 Å². The predicted octanol–water partition coefficient (Wildman–Crippen LogP) is 2.75. The molecule has 1 aliphatic rings. The summed E-state index contributed by atoms with van der Waals surface area (Å²) in [4.78, 5) is 14.6. The second-order valence-corrected chi connectivity index (χ2v) is 6.34. The van der Waals surface area contributed by atoms with E-state index < -0.39 is 0 Å². The number of nitrogens with one attached hydrogen (secondary N) is 1. The number of ether oxygens (including phenoxy) is 2. The molecule has 1 N–H and O–H groups in total. The molecule has 0 bridgehead atoms. The molecular weight excluding hydrogens is 292 g/mol. The van der Waals surface area contributed by atoms with Crippen molar-refractivity contribution in [2.75, 3.05) is 20.8 Å². The van der Waals surface area contributed by atoms with Gasteiger partial charge < -0.3 is 14.8 Å². The van der Waals surface area contributed by atoms with Gasteiger partial charge in [0, 0.05) is 17.6 Å². The van der Waals surface area contributed by atoms with Crippen LogP contribution in [-0.4, -0.2) is 43.7 Å². The fourth-order valence-corrected chi connectivity index (χ4v) is 3.24. The molecule has 5 heteroatoms. The summed E-state index contributed by atoms with van der Waals surface area (Å²) in [6.07, 6.45) is 2.09. The fourth-order valence-electron chi connectivity index (χ4n) is 3.24. The van der Waals surface area contributed by atoms with E-state index in [0.29, 0.717) is 0 Å². The van der Waals surface area contributed by atoms with E-state index >= 15 is 0 Å². The van der Waals surface area contributed by atoms with E-state index in [1.807, 2.05) is 39.0 Å². The summed E-state index contributed by atoms with van der Waals surface area (Å²) in [5.41, 5.74) is 1.09. The van der Waals surface area contributed by atoms with E-state index in [-0.39, 0.29) is 24.0 Å². The van der Waals surface area contributed by atoms with Crippen molar-refractivity contribution in [2.45, 2.75) is 51.7 Å². The van der Waals surface area contributed by atoms with Crippen molar-refractivity contribution in [2.24, 2.45) is 0 Å². The van der Waals surface area contributed by atoms with Crippen LogP contribution in [0.4, 0.5) is 0 Å². The van der Waals surface area contributed by atoms with Gasteiger partial charge in [-0.05, 0) is 58.4 Å². The number of hydrogen-bond acceptors (Lipinski definition) is 4. The van der Waals surface area contributed by atoms with Crippen molar-refractivity contribution in [1.29, 1.82) is 0 Å². The molecule has 2 atom stereocenters. The highest BCUT2D eigenvalue weighted by Crippen LogP contribution is 2.39. The summed E-state index contributed by atoms with van der Waals surface area (Å²) in [5, 5.41) is 3.01. The zero-order chi connectivity index (χ0) is 17.0. The molecule has 0 aromatic heterocycles. The van der Waals surface area contributed by atoms with Crippen LogP contribution >= 0.6 is 0 Å². The molecule has 0 radical (unpaired) electrons. The van der Waals surface area contributed by atoms with Crippen LogP contribution < -0.4 is 14.8 Å². The molecule has 128 valence electrons. The molecule has 0 unspecified atom stereocenters. The number of nitrogens with zero attached hydrogens (tertiary/aromatic N) is 1. The Labute approximate surface area is 139 Å². The highest BCUT2D eigenvalue weighted by atomic mass is 16.5. The van der Waals surface area contributed by atoms with Crippen molar-refractivity contribution >= 4 is 5.91 Å². The number of carbonyl (C=O) groups excluding carboxylic acids is 1. The van der Waals surface area contributed by atoms with Crippen molar-refractivity contribution in [3.8, 4) is 11.5 Å². The van der Waals surface area contributed by atoms with Gasteiger partial charge in [-0.1, -0.05) is 0 Å². The minimum absolute atomic E-state index is 0.0776. The first kappa shape index (κ1) is 17.6. The monoisotopic (exact) mass is 320 g/mol. The van der Waals surface area contributed by atoms with Crippen molar-refractivity contribution < 1.29 is 14.3 Å². The average Bonchev–Trinajstić information content (AvgIpc) is 3.02. The highest BCUT2D eigenvalue weighted by Gasteiger charge is 2.34. The minimum Gasteiger partial charge on any atom is -0.497 e. The molecule has 1 fully saturated rings. The SMILES string of the molecule is COc1ccc(OC)c([C@H]2CCCN2[C@@H](C)C(=O)NC(C)C)c1. The van der Waals surface area contributed by atoms with Gasteiger partial charge in [-0.15, -0.1) is 0 Å². The first-order chi connectivity index (χ1) is 11.0. The van der Waals surface area contributed by atoms with Gasteiger partial charge >= 0.3 is 0 Å². The third kappa shape index (κ3) is 3.96. The van der Waals surface area contributed by atoms with Crippen LogP contribution in [0.25, 0.3) is 0 Å². The molecule has 1 amide bonds. The lowest BCUT2D eigenvalue weighted by Gasteiger charge is -2.31. The van der Waals surface area contributed by atoms with Crippen LogP contribution in [0.3, 0.4) is 0 Å². The molecule has 1 aromatic carbocycles. The molecule has 5 nitrogen and oxygen atoms in total. The summed E-state index contributed by atoms with van der Waals surface area (Å²) in [6, 6.07) is 6.01. The second kappa shape index (κ2) is 7.68. The van der Waals surface area contributed by atoms with Crippen molar-refractivity contribution in [3.05, 3.63) is 23.8 Å². The quantitative estimate of drug-likeness (QED) is 0.875. The minimum atomic E-state index is -0.166. The first-order valence-electron chi connectivity index (χ1n) is 8.26. The summed E-state index contributed by atoms with van der Waals surface area (Å²) in [7, 11) is 3.34. The number of methoxy groups -OCH3 is 2. The average molecular weight is 320 g/mol. The maximum absolute atomic E-state index is 12.4. The molecule has 1 heterocycles. The summed E-state index contributed by atoms with van der Waals surface area (Å²) in [6.45, 7) is 6.86. The molecule has 1 aliphatic heterocycles. The number of carbonyl (C=O) groups is 1. The van der Waals surface area contributed by atoms with Crippen LogP contribution in [0.1, 0.15) is 45.2 Å². The Morgan fingerprint density at radius 2 is 2.00 bits per heavy atom. The van der Waals surface area contributed by atoms with Gasteiger partial charge in [-0.3, -0.25) is 9.69 Å². The van der Waals surface area contributed by atoms with Gasteiger partial charge in [0.1, 0.15) is 11.5 Å². The third-order valence-electron chi connectivity index (χ3n) is 4.40. The maximum Gasteiger partial charge on any atom is 0.237 e. The van der Waals surface area contributed by atoms with Crippen molar-refractivity contribution in [1.82, 2.24) is 10.2 Å². The fraction of sp³-hybridized carbons (Fsp3) is 0.611. The Hall–Kier alpha value is -1.75. The van der Waals surface area contributed by atoms with Crippen LogP contribution in [-0.2, 0) is 4.79 Å². The molecule has 0 aliphatic carbocycles. The normalized spacial score (nSPS) is 19.7. The lowest BCUT2D eigenvalue weighted by atomic mass is 10.0. The maximum atomic E-state index is 12.4. The number of benzene rings is 1. The molecular formula is C18H28N2O3. The van der Waals surface area contributed by atoms with Crippen molar-refractivity contribution in [3.63, 3.8) is 0 Å². The van der Waals surface area contributed by atoms with Crippen LogP contribution in [0.5, 0.6) is 11.5 Å². The van der Waals surface area contributed by atoms with Gasteiger partial charge in [-0.2, -0.15) is 0 Å². The summed E-state index contributed by atoms with van der Waals surface area (Å²) in [5.74, 6) is 1.74. The Bertz CT molecular complexity index is 545. The lowest BCUT2D eigenvalue weighted by molar-refractivity contribution is -0.126. The molecule has 0 spiro atoms.